The minimum absolute atomic E-state index is 0.0200. The average molecular weight is 319 g/mol. The number of benzene rings is 1. The molecule has 15 heavy (non-hydrogen) atoms. The number of aliphatic hydroxyl groups excluding tert-OH is 1. The number of ether oxygens (including phenoxy) is 1. The fourth-order valence-electron chi connectivity index (χ4n) is 1.76. The van der Waals surface area contributed by atoms with E-state index in [-0.39, 0.29) is 12.7 Å². The summed E-state index contributed by atoms with van der Waals surface area (Å²) in [5.74, 6) is 0. The Hall–Kier alpha value is -0.170. The summed E-state index contributed by atoms with van der Waals surface area (Å²) >= 11 is 2.27. The number of nitrogens with two attached hydrogens (primary N) is 1. The highest BCUT2D eigenvalue weighted by molar-refractivity contribution is 14.1. The van der Waals surface area contributed by atoms with E-state index >= 15 is 0 Å². The van der Waals surface area contributed by atoms with Crippen molar-refractivity contribution < 1.29 is 9.84 Å². The first-order chi connectivity index (χ1) is 7.13. The Kier molecular flexibility index (Phi) is 3.30. The van der Waals surface area contributed by atoms with Gasteiger partial charge in [0.05, 0.1) is 24.9 Å². The molecule has 1 aromatic carbocycles. The van der Waals surface area contributed by atoms with E-state index < -0.39 is 5.54 Å². The molecule has 0 spiro atoms. The van der Waals surface area contributed by atoms with Gasteiger partial charge in [-0.15, -0.1) is 0 Å². The van der Waals surface area contributed by atoms with Gasteiger partial charge in [-0.1, -0.05) is 12.1 Å². The topological polar surface area (TPSA) is 55.5 Å². The molecule has 1 aromatic rings. The molecule has 3 nitrogen and oxygen atoms in total. The van der Waals surface area contributed by atoms with E-state index in [9.17, 15) is 0 Å². The summed E-state index contributed by atoms with van der Waals surface area (Å²) in [5.41, 5.74) is 6.51. The van der Waals surface area contributed by atoms with Crippen LogP contribution in [0.15, 0.2) is 24.3 Å². The molecule has 0 amide bonds. The zero-order valence-corrected chi connectivity index (χ0v) is 10.5. The van der Waals surface area contributed by atoms with Gasteiger partial charge in [0.15, 0.2) is 0 Å². The minimum atomic E-state index is -0.562. The fraction of sp³-hybridized carbons (Fsp3) is 0.455. The van der Waals surface area contributed by atoms with Crippen LogP contribution in [0, 0.1) is 3.57 Å². The van der Waals surface area contributed by atoms with E-state index in [4.69, 9.17) is 15.6 Å². The van der Waals surface area contributed by atoms with E-state index in [0.717, 1.165) is 5.56 Å². The maximum absolute atomic E-state index is 9.13. The highest BCUT2D eigenvalue weighted by Crippen LogP contribution is 2.33. The van der Waals surface area contributed by atoms with E-state index in [1.165, 1.54) is 3.57 Å². The van der Waals surface area contributed by atoms with Crippen LogP contribution in [0.3, 0.4) is 0 Å². The quantitative estimate of drug-likeness (QED) is 0.811. The summed E-state index contributed by atoms with van der Waals surface area (Å²) in [6.45, 7) is 0.411. The first kappa shape index (κ1) is 11.3. The highest BCUT2D eigenvalue weighted by atomic mass is 127. The van der Waals surface area contributed by atoms with Crippen molar-refractivity contribution in [1.82, 2.24) is 0 Å². The normalized spacial score (nSPS) is 30.7. The Bertz CT molecular complexity index is 341. The van der Waals surface area contributed by atoms with Gasteiger partial charge in [-0.25, -0.2) is 0 Å². The molecule has 0 aromatic heterocycles. The predicted molar refractivity (Wildman–Crippen MR) is 66.5 cm³/mol. The average Bonchev–Trinajstić information content (AvgIpc) is 2.63. The maximum Gasteiger partial charge on any atom is 0.0845 e. The second-order valence-corrected chi connectivity index (χ2v) is 5.32. The Morgan fingerprint density at radius 1 is 1.47 bits per heavy atom. The molecule has 0 aliphatic carbocycles. The smallest absolute Gasteiger partial charge is 0.0845 e. The predicted octanol–water partition coefficient (Wildman–Crippen LogP) is 1.44. The number of halogens is 1. The molecule has 2 unspecified atom stereocenters. The van der Waals surface area contributed by atoms with Gasteiger partial charge >= 0.3 is 0 Å². The van der Waals surface area contributed by atoms with Crippen LogP contribution in [-0.4, -0.2) is 23.9 Å². The Morgan fingerprint density at radius 3 is 2.67 bits per heavy atom. The Labute approximate surface area is 103 Å². The summed E-state index contributed by atoms with van der Waals surface area (Å²) in [7, 11) is 0. The van der Waals surface area contributed by atoms with Crippen LogP contribution >= 0.6 is 22.6 Å². The van der Waals surface area contributed by atoms with Gasteiger partial charge < -0.3 is 15.6 Å². The molecule has 1 fully saturated rings. The van der Waals surface area contributed by atoms with Crippen molar-refractivity contribution in [2.45, 2.75) is 18.1 Å². The SMILES string of the molecule is NC1(CO)COC(c2ccc(I)cc2)C1. The van der Waals surface area contributed by atoms with Crippen molar-refractivity contribution in [3.8, 4) is 0 Å². The Balaban J connectivity index is 2.11. The third-order valence-corrected chi connectivity index (χ3v) is 3.44. The molecule has 1 aliphatic heterocycles. The largest absolute Gasteiger partial charge is 0.394 e. The van der Waals surface area contributed by atoms with Crippen molar-refractivity contribution in [3.63, 3.8) is 0 Å². The van der Waals surface area contributed by atoms with Crippen molar-refractivity contribution >= 4 is 22.6 Å². The van der Waals surface area contributed by atoms with Gasteiger partial charge in [0.2, 0.25) is 0 Å². The Morgan fingerprint density at radius 2 is 2.13 bits per heavy atom. The van der Waals surface area contributed by atoms with Crippen LogP contribution in [0.5, 0.6) is 0 Å². The van der Waals surface area contributed by atoms with Crippen molar-refractivity contribution in [1.29, 1.82) is 0 Å². The number of aliphatic hydroxyl groups is 1. The second kappa shape index (κ2) is 4.37. The lowest BCUT2D eigenvalue weighted by atomic mass is 9.95. The molecule has 3 N–H and O–H groups in total. The number of hydrogen-bond donors (Lipinski definition) is 2. The van der Waals surface area contributed by atoms with Gasteiger partial charge in [0.25, 0.3) is 0 Å². The third kappa shape index (κ3) is 2.50. The lowest BCUT2D eigenvalue weighted by molar-refractivity contribution is 0.0960. The van der Waals surface area contributed by atoms with Crippen LogP contribution in [0.2, 0.25) is 0 Å². The van der Waals surface area contributed by atoms with Gasteiger partial charge in [-0.2, -0.15) is 0 Å². The lowest BCUT2D eigenvalue weighted by Gasteiger charge is -2.17. The summed E-state index contributed by atoms with van der Waals surface area (Å²) in [4.78, 5) is 0. The highest BCUT2D eigenvalue weighted by Gasteiger charge is 2.36. The standard InChI is InChI=1S/C11H14INO2/c12-9-3-1-8(2-4-9)10-5-11(13,6-14)7-15-10/h1-4,10,14H,5-7,13H2. The molecule has 1 saturated heterocycles. The summed E-state index contributed by atoms with van der Waals surface area (Å²) in [6.07, 6.45) is 0.712. The molecule has 1 heterocycles. The van der Waals surface area contributed by atoms with E-state index in [0.29, 0.717) is 13.0 Å². The molecular weight excluding hydrogens is 305 g/mol. The molecule has 82 valence electrons. The maximum atomic E-state index is 9.13. The zero-order chi connectivity index (χ0) is 10.9. The third-order valence-electron chi connectivity index (χ3n) is 2.72. The molecule has 1 aliphatic rings. The second-order valence-electron chi connectivity index (χ2n) is 4.08. The molecular formula is C11H14INO2. The zero-order valence-electron chi connectivity index (χ0n) is 8.32. The van der Waals surface area contributed by atoms with Crippen molar-refractivity contribution in [2.75, 3.05) is 13.2 Å². The summed E-state index contributed by atoms with van der Waals surface area (Å²) in [6, 6.07) is 8.20. The van der Waals surface area contributed by atoms with Crippen LogP contribution in [0.25, 0.3) is 0 Å². The number of rotatable bonds is 2. The molecule has 0 radical (unpaired) electrons. The monoisotopic (exact) mass is 319 g/mol. The first-order valence-electron chi connectivity index (χ1n) is 4.90. The molecule has 0 bridgehead atoms. The minimum Gasteiger partial charge on any atom is -0.394 e. The van der Waals surface area contributed by atoms with Gasteiger partial charge in [-0.05, 0) is 40.3 Å². The van der Waals surface area contributed by atoms with E-state index in [1.54, 1.807) is 0 Å². The molecule has 0 saturated carbocycles. The summed E-state index contributed by atoms with van der Waals surface area (Å²) < 4.78 is 6.80. The van der Waals surface area contributed by atoms with Crippen LogP contribution in [0.4, 0.5) is 0 Å². The lowest BCUT2D eigenvalue weighted by Crippen LogP contribution is -2.44. The van der Waals surface area contributed by atoms with E-state index in [2.05, 4.69) is 46.9 Å². The van der Waals surface area contributed by atoms with Crippen molar-refractivity contribution in [2.24, 2.45) is 5.73 Å². The molecule has 4 heteroatoms. The van der Waals surface area contributed by atoms with E-state index in [1.807, 2.05) is 0 Å². The van der Waals surface area contributed by atoms with Crippen LogP contribution in [-0.2, 0) is 4.74 Å². The number of hydrogen-bond acceptors (Lipinski definition) is 3. The van der Waals surface area contributed by atoms with Gasteiger partial charge in [0, 0.05) is 9.99 Å². The van der Waals surface area contributed by atoms with Crippen molar-refractivity contribution in [3.05, 3.63) is 33.4 Å². The van der Waals surface area contributed by atoms with Crippen LogP contribution in [0.1, 0.15) is 18.1 Å². The van der Waals surface area contributed by atoms with Gasteiger partial charge in [-0.3, -0.25) is 0 Å². The molecule has 2 atom stereocenters. The molecule has 2 rings (SSSR count). The van der Waals surface area contributed by atoms with Crippen LogP contribution < -0.4 is 5.73 Å². The fourth-order valence-corrected chi connectivity index (χ4v) is 2.11. The van der Waals surface area contributed by atoms with Gasteiger partial charge in [0.1, 0.15) is 0 Å². The summed E-state index contributed by atoms with van der Waals surface area (Å²) in [5, 5.41) is 9.13. The first-order valence-corrected chi connectivity index (χ1v) is 5.98.